The minimum atomic E-state index is -0.993. The number of nitrogens with one attached hydrogen (secondary N) is 1. The molecule has 0 atom stereocenters. The van der Waals surface area contributed by atoms with Crippen LogP contribution < -0.4 is 5.32 Å². The predicted octanol–water partition coefficient (Wildman–Crippen LogP) is -0.253. The van der Waals surface area contributed by atoms with Crippen molar-refractivity contribution in [3.8, 4) is 0 Å². The SMILES string of the molecule is COCCOCCOCCOCCOCCOCCOCCOCCOCCNC(=O)CCC(=O)O. The molecule has 0 bridgehead atoms. The average Bonchev–Trinajstić information content (AvgIpc) is 2.87. The van der Waals surface area contributed by atoms with E-state index in [1.807, 2.05) is 0 Å². The van der Waals surface area contributed by atoms with Gasteiger partial charge in [-0.2, -0.15) is 0 Å². The van der Waals surface area contributed by atoms with Gasteiger partial charge in [-0.15, -0.1) is 0 Å². The Morgan fingerprint density at radius 2 is 0.806 bits per heavy atom. The Hall–Kier alpha value is -1.42. The molecule has 13 nitrogen and oxygen atoms in total. The predicted molar refractivity (Wildman–Crippen MR) is 128 cm³/mol. The Kier molecular flexibility index (Phi) is 28.6. The first-order valence-corrected chi connectivity index (χ1v) is 12.3. The van der Waals surface area contributed by atoms with Gasteiger partial charge in [0.15, 0.2) is 0 Å². The van der Waals surface area contributed by atoms with E-state index >= 15 is 0 Å². The number of carboxylic acid groups (broad SMARTS) is 1. The lowest BCUT2D eigenvalue weighted by atomic mass is 10.3. The number of carbonyl (C=O) groups is 2. The summed E-state index contributed by atoms with van der Waals surface area (Å²) < 4.78 is 47.8. The van der Waals surface area contributed by atoms with Crippen molar-refractivity contribution in [1.29, 1.82) is 0 Å². The highest BCUT2D eigenvalue weighted by molar-refractivity contribution is 5.80. The topological polar surface area (TPSA) is 149 Å². The zero-order valence-electron chi connectivity index (χ0n) is 21.6. The van der Waals surface area contributed by atoms with Gasteiger partial charge in [-0.05, 0) is 0 Å². The molecule has 0 aliphatic carbocycles. The second-order valence-electron chi connectivity index (χ2n) is 7.14. The Balaban J connectivity index is 3.07. The number of ether oxygens (including phenoxy) is 9. The summed E-state index contributed by atoms with van der Waals surface area (Å²) in [6.07, 6.45) is -0.206. The van der Waals surface area contributed by atoms with E-state index in [2.05, 4.69) is 5.32 Å². The minimum Gasteiger partial charge on any atom is -0.481 e. The van der Waals surface area contributed by atoms with Crippen LogP contribution in [0, 0.1) is 0 Å². The maximum Gasteiger partial charge on any atom is 0.303 e. The zero-order valence-corrected chi connectivity index (χ0v) is 21.6. The third kappa shape index (κ3) is 30.6. The van der Waals surface area contributed by atoms with Crippen molar-refractivity contribution in [1.82, 2.24) is 5.32 Å². The van der Waals surface area contributed by atoms with Crippen molar-refractivity contribution >= 4 is 11.9 Å². The van der Waals surface area contributed by atoms with Crippen LogP contribution in [0.2, 0.25) is 0 Å². The lowest BCUT2D eigenvalue weighted by Gasteiger charge is -2.09. The molecule has 13 heteroatoms. The van der Waals surface area contributed by atoms with Gasteiger partial charge >= 0.3 is 5.97 Å². The first kappa shape index (κ1) is 34.6. The van der Waals surface area contributed by atoms with Crippen molar-refractivity contribution in [2.75, 3.05) is 126 Å². The summed E-state index contributed by atoms with van der Waals surface area (Å²) >= 11 is 0. The summed E-state index contributed by atoms with van der Waals surface area (Å²) in [5.74, 6) is -1.29. The van der Waals surface area contributed by atoms with E-state index in [1.54, 1.807) is 7.11 Å². The van der Waals surface area contributed by atoms with Gasteiger partial charge in [-0.1, -0.05) is 0 Å². The molecule has 0 unspecified atom stereocenters. The fourth-order valence-corrected chi connectivity index (χ4v) is 2.36. The maximum atomic E-state index is 11.3. The molecule has 0 spiro atoms. The average molecular weight is 528 g/mol. The normalized spacial score (nSPS) is 11.1. The van der Waals surface area contributed by atoms with Crippen molar-refractivity contribution in [2.45, 2.75) is 12.8 Å². The van der Waals surface area contributed by atoms with Gasteiger partial charge in [-0.25, -0.2) is 0 Å². The van der Waals surface area contributed by atoms with Gasteiger partial charge in [0, 0.05) is 20.1 Å². The van der Waals surface area contributed by atoms with Crippen LogP contribution in [-0.4, -0.2) is 143 Å². The molecule has 1 amide bonds. The molecule has 0 rings (SSSR count). The van der Waals surface area contributed by atoms with Crippen LogP contribution in [-0.2, 0) is 52.2 Å². The number of aliphatic carboxylic acids is 1. The van der Waals surface area contributed by atoms with E-state index in [1.165, 1.54) is 0 Å². The monoisotopic (exact) mass is 527 g/mol. The summed E-state index contributed by atoms with van der Waals surface area (Å²) in [4.78, 5) is 21.6. The van der Waals surface area contributed by atoms with Gasteiger partial charge in [0.25, 0.3) is 0 Å². The molecule has 36 heavy (non-hydrogen) atoms. The fourth-order valence-electron chi connectivity index (χ4n) is 2.36. The summed E-state index contributed by atoms with van der Waals surface area (Å²) in [7, 11) is 1.64. The molecule has 0 aliphatic rings. The quantitative estimate of drug-likeness (QED) is 0.119. The molecule has 0 aromatic heterocycles. The van der Waals surface area contributed by atoms with Crippen LogP contribution >= 0.6 is 0 Å². The number of hydrogen-bond acceptors (Lipinski definition) is 11. The Bertz CT molecular complexity index is 484. The van der Waals surface area contributed by atoms with Crippen molar-refractivity contribution in [3.63, 3.8) is 0 Å². The van der Waals surface area contributed by atoms with Gasteiger partial charge < -0.3 is 53.1 Å². The molecule has 0 aliphatic heterocycles. The van der Waals surface area contributed by atoms with Gasteiger partial charge in [0.2, 0.25) is 5.91 Å². The van der Waals surface area contributed by atoms with Gasteiger partial charge in [0.05, 0.1) is 119 Å². The second kappa shape index (κ2) is 29.8. The van der Waals surface area contributed by atoms with Crippen molar-refractivity contribution in [2.24, 2.45) is 0 Å². The fraction of sp³-hybridized carbons (Fsp3) is 0.913. The lowest BCUT2D eigenvalue weighted by molar-refractivity contribution is -0.138. The minimum absolute atomic E-state index is 0.0301. The van der Waals surface area contributed by atoms with E-state index < -0.39 is 5.97 Å². The Morgan fingerprint density at radius 1 is 0.500 bits per heavy atom. The van der Waals surface area contributed by atoms with Crippen LogP contribution in [0.5, 0.6) is 0 Å². The van der Waals surface area contributed by atoms with Crippen LogP contribution in [0.25, 0.3) is 0 Å². The van der Waals surface area contributed by atoms with E-state index in [-0.39, 0.29) is 18.7 Å². The zero-order chi connectivity index (χ0) is 26.4. The first-order chi connectivity index (χ1) is 17.7. The van der Waals surface area contributed by atoms with Crippen molar-refractivity contribution in [3.05, 3.63) is 0 Å². The molecular formula is C23H45NO12. The molecule has 0 fully saturated rings. The molecule has 0 saturated heterocycles. The largest absolute Gasteiger partial charge is 0.481 e. The Labute approximate surface area is 213 Å². The number of methoxy groups -OCH3 is 1. The highest BCUT2D eigenvalue weighted by Gasteiger charge is 2.04. The summed E-state index contributed by atoms with van der Waals surface area (Å²) in [5, 5.41) is 11.1. The standard InChI is InChI=1S/C23H45NO12/c1-28-6-7-30-10-11-32-14-15-34-18-19-36-21-20-35-17-16-33-13-12-31-9-8-29-5-4-24-22(25)2-3-23(26)27/h2-21H2,1H3,(H,24,25)(H,26,27). The number of hydrogen-bond donors (Lipinski definition) is 2. The smallest absolute Gasteiger partial charge is 0.303 e. The van der Waals surface area contributed by atoms with Crippen LogP contribution in [0.1, 0.15) is 12.8 Å². The summed E-state index contributed by atoms with van der Waals surface area (Å²) in [6.45, 7) is 8.64. The molecule has 0 aromatic carbocycles. The van der Waals surface area contributed by atoms with Crippen LogP contribution in [0.3, 0.4) is 0 Å². The van der Waals surface area contributed by atoms with Gasteiger partial charge in [0.1, 0.15) is 0 Å². The third-order valence-corrected chi connectivity index (χ3v) is 4.17. The molecule has 2 N–H and O–H groups in total. The number of rotatable bonds is 30. The molecular weight excluding hydrogens is 482 g/mol. The second-order valence-corrected chi connectivity index (χ2v) is 7.14. The number of carbonyl (C=O) groups excluding carboxylic acids is 1. The van der Waals surface area contributed by atoms with Crippen LogP contribution in [0.4, 0.5) is 0 Å². The van der Waals surface area contributed by atoms with Crippen molar-refractivity contribution < 1.29 is 57.3 Å². The van der Waals surface area contributed by atoms with E-state index in [0.29, 0.717) is 119 Å². The highest BCUT2D eigenvalue weighted by Crippen LogP contribution is 1.88. The number of carboxylic acids is 1. The van der Waals surface area contributed by atoms with Crippen LogP contribution in [0.15, 0.2) is 0 Å². The molecule has 214 valence electrons. The Morgan fingerprint density at radius 3 is 1.11 bits per heavy atom. The highest BCUT2D eigenvalue weighted by atomic mass is 16.6. The molecule has 0 aromatic rings. The van der Waals surface area contributed by atoms with Gasteiger partial charge in [-0.3, -0.25) is 9.59 Å². The molecule has 0 heterocycles. The summed E-state index contributed by atoms with van der Waals surface area (Å²) in [5.41, 5.74) is 0. The first-order valence-electron chi connectivity index (χ1n) is 12.3. The summed E-state index contributed by atoms with van der Waals surface area (Å²) in [6, 6.07) is 0. The lowest BCUT2D eigenvalue weighted by Crippen LogP contribution is -2.27. The molecule has 0 saturated carbocycles. The van der Waals surface area contributed by atoms with E-state index in [9.17, 15) is 9.59 Å². The number of amides is 1. The maximum absolute atomic E-state index is 11.3. The molecule has 0 radical (unpaired) electrons. The third-order valence-electron chi connectivity index (χ3n) is 4.17. The van der Waals surface area contributed by atoms with E-state index in [0.717, 1.165) is 0 Å². The van der Waals surface area contributed by atoms with E-state index in [4.69, 9.17) is 47.7 Å².